The SMILES string of the molecule is C[C@@H](O)[C@@H]1C(=O)N2[C@@H]1SC(C)(C)[C@]2(Br)C(=O)OCc1ccccc1. The predicted octanol–water partition coefficient (Wildman–Crippen LogP) is 2.51. The molecule has 0 saturated carbocycles. The van der Waals surface area contributed by atoms with Gasteiger partial charge in [-0.1, -0.05) is 30.3 Å². The minimum absolute atomic E-state index is 0.153. The molecule has 1 amide bonds. The number of fused-ring (bicyclic) bond motifs is 1. The number of nitrogens with zero attached hydrogens (tertiary/aromatic N) is 1. The van der Waals surface area contributed by atoms with Crippen molar-refractivity contribution >= 4 is 39.6 Å². The highest BCUT2D eigenvalue weighted by molar-refractivity contribution is 9.10. The fourth-order valence-corrected chi connectivity index (χ4v) is 5.94. The van der Waals surface area contributed by atoms with Crippen molar-refractivity contribution in [1.82, 2.24) is 4.90 Å². The van der Waals surface area contributed by atoms with Gasteiger partial charge in [-0.05, 0) is 42.3 Å². The van der Waals surface area contributed by atoms with Crippen LogP contribution >= 0.6 is 27.7 Å². The second-order valence-electron chi connectivity index (χ2n) is 6.68. The third-order valence-electron chi connectivity index (χ3n) is 4.63. The van der Waals surface area contributed by atoms with Crippen LogP contribution in [0, 0.1) is 5.92 Å². The van der Waals surface area contributed by atoms with Gasteiger partial charge in [0.25, 0.3) is 0 Å². The van der Waals surface area contributed by atoms with Crippen molar-refractivity contribution in [2.75, 3.05) is 0 Å². The molecule has 24 heavy (non-hydrogen) atoms. The van der Waals surface area contributed by atoms with Crippen LogP contribution in [-0.4, -0.2) is 42.6 Å². The molecule has 1 aromatic rings. The zero-order valence-electron chi connectivity index (χ0n) is 13.7. The number of halogens is 1. The summed E-state index contributed by atoms with van der Waals surface area (Å²) in [5, 5.41) is 9.60. The molecule has 1 aromatic carbocycles. The number of ether oxygens (including phenoxy) is 1. The van der Waals surface area contributed by atoms with Crippen molar-refractivity contribution in [3.63, 3.8) is 0 Å². The number of alkyl halides is 1. The largest absolute Gasteiger partial charge is 0.458 e. The quantitative estimate of drug-likeness (QED) is 0.355. The topological polar surface area (TPSA) is 66.8 Å². The number of aliphatic hydroxyl groups is 1. The van der Waals surface area contributed by atoms with E-state index in [0.717, 1.165) is 5.56 Å². The average molecular weight is 414 g/mol. The predicted molar refractivity (Wildman–Crippen MR) is 95.4 cm³/mol. The maximum absolute atomic E-state index is 12.8. The first kappa shape index (κ1) is 17.8. The van der Waals surface area contributed by atoms with Crippen LogP contribution in [0.1, 0.15) is 26.3 Å². The lowest BCUT2D eigenvalue weighted by Gasteiger charge is -2.48. The van der Waals surface area contributed by atoms with Crippen molar-refractivity contribution in [3.8, 4) is 0 Å². The van der Waals surface area contributed by atoms with Crippen molar-refractivity contribution in [2.45, 2.75) is 48.1 Å². The number of carbonyl (C=O) groups excluding carboxylic acids is 2. The lowest BCUT2D eigenvalue weighted by molar-refractivity contribution is -0.173. The second kappa shape index (κ2) is 6.04. The number of rotatable bonds is 4. The van der Waals surface area contributed by atoms with Crippen LogP contribution in [0.25, 0.3) is 0 Å². The molecule has 2 saturated heterocycles. The molecule has 2 aliphatic rings. The minimum atomic E-state index is -1.23. The molecule has 0 bridgehead atoms. The molecule has 0 unspecified atom stereocenters. The molecule has 130 valence electrons. The number of β-lactam (4-membered cyclic amide) rings is 1. The summed E-state index contributed by atoms with van der Waals surface area (Å²) >= 11 is 5.02. The summed E-state index contributed by atoms with van der Waals surface area (Å²) in [7, 11) is 0. The monoisotopic (exact) mass is 413 g/mol. The standard InChI is InChI=1S/C17H20BrNO4S/c1-10(20)12-13(21)19-14(12)24-16(2,3)17(19,18)15(22)23-9-11-7-5-4-6-8-11/h4-8,10,12,14,20H,9H2,1-3H3/t10-,12-,14-,17+/m1/s1. The summed E-state index contributed by atoms with van der Waals surface area (Å²) in [4.78, 5) is 26.8. The van der Waals surface area contributed by atoms with Crippen LogP contribution in [0.15, 0.2) is 30.3 Å². The van der Waals surface area contributed by atoms with E-state index in [1.165, 1.54) is 16.7 Å². The summed E-state index contributed by atoms with van der Waals surface area (Å²) in [6.45, 7) is 5.57. The smallest absolute Gasteiger partial charge is 0.345 e. The van der Waals surface area contributed by atoms with Gasteiger partial charge in [0.05, 0.1) is 22.1 Å². The molecular weight excluding hydrogens is 394 g/mol. The third-order valence-corrected chi connectivity index (χ3v) is 8.22. The molecule has 0 radical (unpaired) electrons. The fraction of sp³-hybridized carbons (Fsp3) is 0.529. The van der Waals surface area contributed by atoms with Crippen molar-refractivity contribution < 1.29 is 19.4 Å². The Bertz CT molecular complexity index is 666. The van der Waals surface area contributed by atoms with E-state index in [4.69, 9.17) is 4.74 Å². The van der Waals surface area contributed by atoms with Gasteiger partial charge in [-0.25, -0.2) is 4.79 Å². The molecule has 7 heteroatoms. The maximum Gasteiger partial charge on any atom is 0.345 e. The van der Waals surface area contributed by atoms with Crippen molar-refractivity contribution in [2.24, 2.45) is 5.92 Å². The van der Waals surface area contributed by atoms with Gasteiger partial charge in [-0.2, -0.15) is 0 Å². The van der Waals surface area contributed by atoms with Crippen LogP contribution in [0.5, 0.6) is 0 Å². The Balaban J connectivity index is 1.80. The zero-order valence-corrected chi connectivity index (χ0v) is 16.1. The molecule has 0 aromatic heterocycles. The lowest BCUT2D eigenvalue weighted by Crippen LogP contribution is -2.69. The molecule has 0 spiro atoms. The summed E-state index contributed by atoms with van der Waals surface area (Å²) in [6, 6.07) is 9.41. The first-order chi connectivity index (χ1) is 11.2. The molecule has 0 aliphatic carbocycles. The van der Waals surface area contributed by atoms with Gasteiger partial charge in [-0.15, -0.1) is 11.8 Å². The first-order valence-electron chi connectivity index (χ1n) is 7.79. The Morgan fingerprint density at radius 1 is 1.42 bits per heavy atom. The molecule has 4 atom stereocenters. The van der Waals surface area contributed by atoms with Gasteiger partial charge >= 0.3 is 5.97 Å². The number of benzene rings is 1. The Morgan fingerprint density at radius 2 is 2.04 bits per heavy atom. The molecule has 1 N–H and O–H groups in total. The van der Waals surface area contributed by atoms with E-state index in [1.54, 1.807) is 6.92 Å². The van der Waals surface area contributed by atoms with Gasteiger partial charge in [0.2, 0.25) is 10.4 Å². The molecular formula is C17H20BrNO4S. The highest BCUT2D eigenvalue weighted by atomic mass is 79.9. The number of carbonyl (C=O) groups is 2. The Hall–Kier alpha value is -1.05. The van der Waals surface area contributed by atoms with E-state index >= 15 is 0 Å². The second-order valence-corrected chi connectivity index (χ2v) is 9.56. The van der Waals surface area contributed by atoms with E-state index in [9.17, 15) is 14.7 Å². The zero-order chi connectivity index (χ0) is 17.7. The number of aliphatic hydroxyl groups excluding tert-OH is 1. The van der Waals surface area contributed by atoms with E-state index in [2.05, 4.69) is 15.9 Å². The highest BCUT2D eigenvalue weighted by Gasteiger charge is 2.72. The number of hydrogen-bond acceptors (Lipinski definition) is 5. The molecule has 3 rings (SSSR count). The third kappa shape index (κ3) is 2.48. The van der Waals surface area contributed by atoms with E-state index < -0.39 is 27.2 Å². The van der Waals surface area contributed by atoms with Crippen LogP contribution in [0.2, 0.25) is 0 Å². The summed E-state index contributed by atoms with van der Waals surface area (Å²) in [5.41, 5.74) is 0.888. The fourth-order valence-electron chi connectivity index (χ4n) is 3.22. The van der Waals surface area contributed by atoms with Gasteiger partial charge < -0.3 is 14.7 Å². The molecule has 5 nitrogen and oxygen atoms in total. The number of thioether (sulfide) groups is 1. The van der Waals surface area contributed by atoms with Crippen molar-refractivity contribution in [3.05, 3.63) is 35.9 Å². The van der Waals surface area contributed by atoms with Gasteiger partial charge in [0.15, 0.2) is 0 Å². The van der Waals surface area contributed by atoms with Crippen molar-refractivity contribution in [1.29, 1.82) is 0 Å². The highest BCUT2D eigenvalue weighted by Crippen LogP contribution is 2.62. The normalized spacial score (nSPS) is 32.0. The average Bonchev–Trinajstić information content (AvgIpc) is 2.69. The summed E-state index contributed by atoms with van der Waals surface area (Å²) in [6.07, 6.45) is -0.739. The van der Waals surface area contributed by atoms with Crippen LogP contribution in [0.4, 0.5) is 0 Å². The van der Waals surface area contributed by atoms with Crippen LogP contribution < -0.4 is 0 Å². The van der Waals surface area contributed by atoms with Crippen LogP contribution in [0.3, 0.4) is 0 Å². The Kier molecular flexibility index (Phi) is 4.47. The van der Waals surface area contributed by atoms with Gasteiger partial charge in [-0.3, -0.25) is 4.79 Å². The van der Waals surface area contributed by atoms with E-state index in [1.807, 2.05) is 44.2 Å². The van der Waals surface area contributed by atoms with Crippen LogP contribution in [-0.2, 0) is 20.9 Å². The number of hydrogen-bond donors (Lipinski definition) is 1. The number of esters is 1. The Labute approximate surface area is 153 Å². The van der Waals surface area contributed by atoms with E-state index in [0.29, 0.717) is 0 Å². The van der Waals surface area contributed by atoms with Gasteiger partial charge in [0.1, 0.15) is 6.61 Å². The van der Waals surface area contributed by atoms with Gasteiger partial charge in [0, 0.05) is 0 Å². The summed E-state index contributed by atoms with van der Waals surface area (Å²) < 4.78 is 3.68. The maximum atomic E-state index is 12.8. The molecule has 2 fully saturated rings. The van der Waals surface area contributed by atoms with E-state index in [-0.39, 0.29) is 17.9 Å². The summed E-state index contributed by atoms with van der Waals surface area (Å²) in [5.74, 6) is -1.18. The molecule has 2 heterocycles. The minimum Gasteiger partial charge on any atom is -0.458 e. The lowest BCUT2D eigenvalue weighted by atomic mass is 9.88. The number of amides is 1. The molecule has 2 aliphatic heterocycles. The Morgan fingerprint density at radius 3 is 2.62 bits per heavy atom. The first-order valence-corrected chi connectivity index (χ1v) is 9.46.